The number of rotatable bonds is 4. The number of benzene rings is 1. The Kier molecular flexibility index (Phi) is 4.66. The van der Waals surface area contributed by atoms with Crippen LogP contribution in [0.2, 0.25) is 15.1 Å². The van der Waals surface area contributed by atoms with Crippen LogP contribution in [-0.4, -0.2) is 20.4 Å². The van der Waals surface area contributed by atoms with E-state index in [-0.39, 0.29) is 27.4 Å². The Morgan fingerprint density at radius 2 is 1.95 bits per heavy atom. The molecule has 0 fully saturated rings. The molecule has 1 aromatic carbocycles. The first-order valence-electron chi connectivity index (χ1n) is 5.47. The molecular weight excluding hydrogens is 343 g/mol. The lowest BCUT2D eigenvalue weighted by Gasteiger charge is -2.08. The molecule has 0 aliphatic heterocycles. The molecule has 7 nitrogen and oxygen atoms in total. The second kappa shape index (κ2) is 6.30. The van der Waals surface area contributed by atoms with Crippen molar-refractivity contribution in [2.24, 2.45) is 0 Å². The summed E-state index contributed by atoms with van der Waals surface area (Å²) >= 11 is 17.5. The first-order chi connectivity index (χ1) is 9.86. The molecule has 1 aromatic heterocycles. The molecule has 0 atom stereocenters. The molecule has 110 valence electrons. The van der Waals surface area contributed by atoms with Crippen LogP contribution in [0, 0.1) is 10.1 Å². The van der Waals surface area contributed by atoms with Crippen molar-refractivity contribution < 1.29 is 9.72 Å². The lowest BCUT2D eigenvalue weighted by Crippen LogP contribution is -2.18. The lowest BCUT2D eigenvalue weighted by atomic mass is 10.3. The summed E-state index contributed by atoms with van der Waals surface area (Å²) < 4.78 is 1.28. The number of amides is 1. The van der Waals surface area contributed by atoms with E-state index >= 15 is 0 Å². The molecule has 0 saturated heterocycles. The normalized spacial score (nSPS) is 10.4. The molecule has 1 heterocycles. The van der Waals surface area contributed by atoms with E-state index in [2.05, 4.69) is 10.3 Å². The number of hydrogen-bond acceptors (Lipinski definition) is 4. The van der Waals surface area contributed by atoms with Gasteiger partial charge in [-0.1, -0.05) is 34.8 Å². The zero-order valence-corrected chi connectivity index (χ0v) is 12.5. The fraction of sp³-hybridized carbons (Fsp3) is 0.0909. The summed E-state index contributed by atoms with van der Waals surface area (Å²) in [6, 6.07) is 2.82. The molecule has 0 saturated carbocycles. The summed E-state index contributed by atoms with van der Waals surface area (Å²) in [5, 5.41) is 13.8. The van der Waals surface area contributed by atoms with Crippen LogP contribution in [0.1, 0.15) is 0 Å². The smallest absolute Gasteiger partial charge is 0.358 e. The number of carbonyl (C=O) groups is 1. The maximum atomic E-state index is 11.8. The van der Waals surface area contributed by atoms with Gasteiger partial charge in [0, 0.05) is 0 Å². The van der Waals surface area contributed by atoms with Crippen molar-refractivity contribution in [3.63, 3.8) is 0 Å². The molecule has 2 rings (SSSR count). The highest BCUT2D eigenvalue weighted by atomic mass is 35.5. The fourth-order valence-corrected chi connectivity index (χ4v) is 2.10. The number of nitro groups is 1. The predicted molar refractivity (Wildman–Crippen MR) is 79.0 cm³/mol. The van der Waals surface area contributed by atoms with Crippen molar-refractivity contribution in [1.29, 1.82) is 0 Å². The summed E-state index contributed by atoms with van der Waals surface area (Å²) in [4.78, 5) is 25.2. The minimum atomic E-state index is -0.649. The predicted octanol–water partition coefficient (Wildman–Crippen LogP) is 3.39. The van der Waals surface area contributed by atoms with Crippen molar-refractivity contribution in [1.82, 2.24) is 9.55 Å². The van der Waals surface area contributed by atoms with E-state index < -0.39 is 10.8 Å². The first kappa shape index (κ1) is 15.6. The summed E-state index contributed by atoms with van der Waals surface area (Å²) in [5.74, 6) is -0.780. The molecule has 21 heavy (non-hydrogen) atoms. The van der Waals surface area contributed by atoms with E-state index in [1.54, 1.807) is 0 Å². The Labute approximate surface area is 133 Å². The van der Waals surface area contributed by atoms with Gasteiger partial charge in [0.15, 0.2) is 0 Å². The van der Waals surface area contributed by atoms with Crippen LogP contribution in [0.4, 0.5) is 11.5 Å². The largest absolute Gasteiger partial charge is 0.381 e. The second-order valence-electron chi connectivity index (χ2n) is 3.96. The van der Waals surface area contributed by atoms with Gasteiger partial charge in [-0.2, -0.15) is 0 Å². The van der Waals surface area contributed by atoms with Crippen molar-refractivity contribution in [2.45, 2.75) is 6.54 Å². The maximum Gasteiger partial charge on any atom is 0.381 e. The van der Waals surface area contributed by atoms with Crippen LogP contribution in [0.25, 0.3) is 0 Å². The standard InChI is InChI=1S/C11H7Cl3N4O3/c12-6-1-8(14)9(2-7(6)13)16-11(19)4-17-3-10(15-5-17)18(20)21/h1-3,5H,4H2,(H,16,19). The SMILES string of the molecule is O=C(Cn1cnc([N+](=O)[O-])c1)Nc1cc(Cl)c(Cl)cc1Cl. The van der Waals surface area contributed by atoms with Crippen LogP contribution >= 0.6 is 34.8 Å². The third-order valence-corrected chi connectivity index (χ3v) is 3.45. The third-order valence-electron chi connectivity index (χ3n) is 2.42. The number of aromatic nitrogens is 2. The number of carbonyl (C=O) groups excluding carboxylic acids is 1. The van der Waals surface area contributed by atoms with Crippen LogP contribution < -0.4 is 5.32 Å². The monoisotopic (exact) mass is 348 g/mol. The van der Waals surface area contributed by atoms with E-state index in [0.29, 0.717) is 5.69 Å². The van der Waals surface area contributed by atoms with Crippen LogP contribution in [0.15, 0.2) is 24.7 Å². The molecule has 0 spiro atoms. The van der Waals surface area contributed by atoms with Gasteiger partial charge in [-0.05, 0) is 22.0 Å². The van der Waals surface area contributed by atoms with E-state index in [1.807, 2.05) is 0 Å². The average molecular weight is 350 g/mol. The molecule has 0 aliphatic carbocycles. The number of hydrogen-bond donors (Lipinski definition) is 1. The van der Waals surface area contributed by atoms with Crippen molar-refractivity contribution in [3.8, 4) is 0 Å². The summed E-state index contributed by atoms with van der Waals surface area (Å²) in [6.45, 7) is -0.155. The van der Waals surface area contributed by atoms with Crippen LogP contribution in [-0.2, 0) is 11.3 Å². The average Bonchev–Trinajstić information content (AvgIpc) is 2.84. The summed E-state index contributed by atoms with van der Waals surface area (Å²) in [5.41, 5.74) is 0.297. The van der Waals surface area contributed by atoms with E-state index in [1.165, 1.54) is 23.0 Å². The highest BCUT2D eigenvalue weighted by molar-refractivity contribution is 6.44. The molecular formula is C11H7Cl3N4O3. The zero-order chi connectivity index (χ0) is 15.6. The van der Waals surface area contributed by atoms with Gasteiger partial charge < -0.3 is 20.0 Å². The van der Waals surface area contributed by atoms with E-state index in [0.717, 1.165) is 6.20 Å². The first-order valence-corrected chi connectivity index (χ1v) is 6.61. The Morgan fingerprint density at radius 3 is 2.57 bits per heavy atom. The Bertz CT molecular complexity index is 717. The third kappa shape index (κ3) is 3.84. The second-order valence-corrected chi connectivity index (χ2v) is 5.18. The van der Waals surface area contributed by atoms with Crippen molar-refractivity contribution >= 4 is 52.2 Å². The van der Waals surface area contributed by atoms with Crippen molar-refractivity contribution in [2.75, 3.05) is 5.32 Å². The van der Waals surface area contributed by atoms with Crippen LogP contribution in [0.3, 0.4) is 0 Å². The molecule has 0 aliphatic rings. The van der Waals surface area contributed by atoms with Gasteiger partial charge in [0.2, 0.25) is 12.2 Å². The lowest BCUT2D eigenvalue weighted by molar-refractivity contribution is -0.389. The Morgan fingerprint density at radius 1 is 1.29 bits per heavy atom. The summed E-state index contributed by atoms with van der Waals surface area (Å²) in [6.07, 6.45) is 2.34. The summed E-state index contributed by atoms with van der Waals surface area (Å²) in [7, 11) is 0. The van der Waals surface area contributed by atoms with Crippen LogP contribution in [0.5, 0.6) is 0 Å². The highest BCUT2D eigenvalue weighted by Crippen LogP contribution is 2.32. The maximum absolute atomic E-state index is 11.8. The van der Waals surface area contributed by atoms with Gasteiger partial charge in [-0.25, -0.2) is 0 Å². The van der Waals surface area contributed by atoms with Gasteiger partial charge >= 0.3 is 5.82 Å². The number of anilines is 1. The van der Waals surface area contributed by atoms with Crippen molar-refractivity contribution in [3.05, 3.63) is 49.8 Å². The Balaban J connectivity index is 2.08. The van der Waals surface area contributed by atoms with Gasteiger partial charge in [0.25, 0.3) is 0 Å². The van der Waals surface area contributed by atoms with Gasteiger partial charge in [0.05, 0.1) is 20.8 Å². The fourth-order valence-electron chi connectivity index (χ4n) is 1.50. The number of nitrogens with zero attached hydrogens (tertiary/aromatic N) is 3. The quantitative estimate of drug-likeness (QED) is 0.520. The van der Waals surface area contributed by atoms with Gasteiger partial charge in [0.1, 0.15) is 12.7 Å². The topological polar surface area (TPSA) is 90.1 Å². The molecule has 10 heteroatoms. The minimum absolute atomic E-state index is 0.155. The number of halogens is 3. The molecule has 0 unspecified atom stereocenters. The molecule has 0 bridgehead atoms. The zero-order valence-electron chi connectivity index (χ0n) is 10.2. The van der Waals surface area contributed by atoms with E-state index in [4.69, 9.17) is 34.8 Å². The van der Waals surface area contributed by atoms with E-state index in [9.17, 15) is 14.9 Å². The number of imidazole rings is 1. The van der Waals surface area contributed by atoms with Gasteiger partial charge in [-0.3, -0.25) is 4.79 Å². The van der Waals surface area contributed by atoms with Gasteiger partial charge in [-0.15, -0.1) is 0 Å². The minimum Gasteiger partial charge on any atom is -0.358 e. The molecule has 1 amide bonds. The highest BCUT2D eigenvalue weighted by Gasteiger charge is 2.13. The molecule has 1 N–H and O–H groups in total. The Hall–Kier alpha value is -1.83. The number of nitrogens with one attached hydrogen (secondary N) is 1. The molecule has 0 radical (unpaired) electrons. The molecule has 2 aromatic rings.